The van der Waals surface area contributed by atoms with Crippen molar-refractivity contribution in [3.05, 3.63) is 10.1 Å². The molecule has 120 valence electrons. The molecule has 1 heterocycles. The predicted molar refractivity (Wildman–Crippen MR) is 74.3 cm³/mol. The van der Waals surface area contributed by atoms with Crippen LogP contribution >= 0.6 is 0 Å². The summed E-state index contributed by atoms with van der Waals surface area (Å²) in [6.07, 6.45) is 3.55. The number of ether oxygens (including phenoxy) is 1. The van der Waals surface area contributed by atoms with Crippen molar-refractivity contribution in [1.29, 1.82) is 0 Å². The molecule has 0 aromatic carbocycles. The first-order valence-corrected chi connectivity index (χ1v) is 7.50. The fourth-order valence-corrected chi connectivity index (χ4v) is 2.89. The van der Waals surface area contributed by atoms with Crippen molar-refractivity contribution in [3.63, 3.8) is 0 Å². The Morgan fingerprint density at radius 3 is 2.33 bits per heavy atom. The van der Waals surface area contributed by atoms with E-state index in [2.05, 4.69) is 22.1 Å². The number of rotatable bonds is 4. The zero-order valence-corrected chi connectivity index (χ0v) is 12.3. The topological polar surface area (TPSA) is 93.9 Å². The standard InChI is InChI=1S/C13H23N3O5/c1-15-8-6-11(7-9-15)20-13(17)14-10-2-4-12(5-3-10)21-16(18)19/h10-12H,2-9H2,1H3,(H,14,17)/t10-,12-. The molecule has 2 aliphatic rings. The Hall–Kier alpha value is -1.57. The van der Waals surface area contributed by atoms with Crippen molar-refractivity contribution < 1.29 is 19.5 Å². The number of amides is 1. The summed E-state index contributed by atoms with van der Waals surface area (Å²) in [4.78, 5) is 28.9. The lowest BCUT2D eigenvalue weighted by Crippen LogP contribution is -2.42. The molecule has 0 spiro atoms. The maximum Gasteiger partial charge on any atom is 0.407 e. The highest BCUT2D eigenvalue weighted by molar-refractivity contribution is 5.67. The Morgan fingerprint density at radius 2 is 1.76 bits per heavy atom. The zero-order chi connectivity index (χ0) is 15.2. The van der Waals surface area contributed by atoms with Crippen LogP contribution in [0.2, 0.25) is 0 Å². The lowest BCUT2D eigenvalue weighted by molar-refractivity contribution is -0.769. The highest BCUT2D eigenvalue weighted by Crippen LogP contribution is 2.21. The van der Waals surface area contributed by atoms with Gasteiger partial charge in [0.2, 0.25) is 0 Å². The van der Waals surface area contributed by atoms with E-state index in [-0.39, 0.29) is 24.3 Å². The molecule has 1 N–H and O–H groups in total. The molecule has 0 atom stereocenters. The van der Waals surface area contributed by atoms with E-state index < -0.39 is 5.09 Å². The van der Waals surface area contributed by atoms with Gasteiger partial charge in [-0.1, -0.05) is 0 Å². The minimum Gasteiger partial charge on any atom is -0.446 e. The van der Waals surface area contributed by atoms with Crippen molar-refractivity contribution in [3.8, 4) is 0 Å². The van der Waals surface area contributed by atoms with Crippen LogP contribution in [0.5, 0.6) is 0 Å². The second kappa shape index (κ2) is 7.44. The van der Waals surface area contributed by atoms with Gasteiger partial charge >= 0.3 is 6.09 Å². The summed E-state index contributed by atoms with van der Waals surface area (Å²) >= 11 is 0. The van der Waals surface area contributed by atoms with Crippen LogP contribution in [0.1, 0.15) is 38.5 Å². The molecule has 1 amide bonds. The average molecular weight is 301 g/mol. The molecular weight excluding hydrogens is 278 g/mol. The average Bonchev–Trinajstić information content (AvgIpc) is 2.43. The van der Waals surface area contributed by atoms with Crippen molar-refractivity contribution in [2.45, 2.75) is 56.8 Å². The minimum absolute atomic E-state index is 0.00430. The third-order valence-corrected chi connectivity index (χ3v) is 4.17. The molecular formula is C13H23N3O5. The van der Waals surface area contributed by atoms with Crippen molar-refractivity contribution in [1.82, 2.24) is 10.2 Å². The van der Waals surface area contributed by atoms with Gasteiger partial charge in [-0.25, -0.2) is 4.79 Å². The summed E-state index contributed by atoms with van der Waals surface area (Å²) in [6.45, 7) is 1.89. The molecule has 8 nitrogen and oxygen atoms in total. The molecule has 1 saturated heterocycles. The number of hydrogen-bond donors (Lipinski definition) is 1. The highest BCUT2D eigenvalue weighted by Gasteiger charge is 2.26. The van der Waals surface area contributed by atoms with E-state index in [1.165, 1.54) is 0 Å². The number of piperidine rings is 1. The smallest absolute Gasteiger partial charge is 0.407 e. The van der Waals surface area contributed by atoms with Crippen LogP contribution < -0.4 is 5.32 Å². The van der Waals surface area contributed by atoms with Crippen LogP contribution in [0.25, 0.3) is 0 Å². The Bertz CT molecular complexity index is 363. The van der Waals surface area contributed by atoms with Gasteiger partial charge in [0.05, 0.1) is 0 Å². The molecule has 0 unspecified atom stereocenters. The summed E-state index contributed by atoms with van der Waals surface area (Å²) < 4.78 is 5.42. The summed E-state index contributed by atoms with van der Waals surface area (Å²) in [7, 11) is 2.06. The first-order valence-electron chi connectivity index (χ1n) is 7.50. The molecule has 1 saturated carbocycles. The number of nitrogens with zero attached hydrogens (tertiary/aromatic N) is 2. The maximum atomic E-state index is 11.8. The molecule has 21 heavy (non-hydrogen) atoms. The van der Waals surface area contributed by atoms with Gasteiger partial charge < -0.3 is 19.8 Å². The molecule has 0 aromatic heterocycles. The Morgan fingerprint density at radius 1 is 1.14 bits per heavy atom. The van der Waals surface area contributed by atoms with E-state index in [1.807, 2.05) is 0 Å². The molecule has 2 fully saturated rings. The van der Waals surface area contributed by atoms with E-state index in [1.54, 1.807) is 0 Å². The van der Waals surface area contributed by atoms with Gasteiger partial charge in [0.25, 0.3) is 5.09 Å². The SMILES string of the molecule is CN1CCC(OC(=O)N[C@H]2CC[C@H](O[N+](=O)[O-])CC2)CC1. The number of carbonyl (C=O) groups excluding carboxylic acids is 1. The molecule has 1 aliphatic heterocycles. The van der Waals surface area contributed by atoms with Gasteiger partial charge in [-0.2, -0.15) is 0 Å². The fraction of sp³-hybridized carbons (Fsp3) is 0.923. The lowest BCUT2D eigenvalue weighted by Gasteiger charge is -2.30. The molecule has 1 aliphatic carbocycles. The first-order chi connectivity index (χ1) is 10.0. The van der Waals surface area contributed by atoms with Gasteiger partial charge in [-0.05, 0) is 45.6 Å². The van der Waals surface area contributed by atoms with Crippen molar-refractivity contribution >= 4 is 6.09 Å². The second-order valence-corrected chi connectivity index (χ2v) is 5.85. The quantitative estimate of drug-likeness (QED) is 0.622. The summed E-state index contributed by atoms with van der Waals surface area (Å²) in [5, 5.41) is 12.4. The number of carbonyl (C=O) groups is 1. The third-order valence-electron chi connectivity index (χ3n) is 4.17. The number of alkyl carbamates (subject to hydrolysis) is 1. The van der Waals surface area contributed by atoms with E-state index in [9.17, 15) is 14.9 Å². The van der Waals surface area contributed by atoms with Crippen LogP contribution in [-0.4, -0.2) is 54.5 Å². The van der Waals surface area contributed by atoms with Gasteiger partial charge in [-0.3, -0.25) is 0 Å². The lowest BCUT2D eigenvalue weighted by atomic mass is 9.93. The monoisotopic (exact) mass is 301 g/mol. The number of likely N-dealkylation sites (tertiary alicyclic amines) is 1. The number of nitrogens with one attached hydrogen (secondary N) is 1. The van der Waals surface area contributed by atoms with Gasteiger partial charge in [0.15, 0.2) is 0 Å². The van der Waals surface area contributed by atoms with Crippen molar-refractivity contribution in [2.75, 3.05) is 20.1 Å². The highest BCUT2D eigenvalue weighted by atomic mass is 17.0. The van der Waals surface area contributed by atoms with Crippen LogP contribution in [-0.2, 0) is 9.57 Å². The largest absolute Gasteiger partial charge is 0.446 e. The summed E-state index contributed by atoms with van der Waals surface area (Å²) in [5.41, 5.74) is 0. The second-order valence-electron chi connectivity index (χ2n) is 5.85. The maximum absolute atomic E-state index is 11.8. The minimum atomic E-state index is -0.743. The van der Waals surface area contributed by atoms with E-state index in [0.717, 1.165) is 25.9 Å². The van der Waals surface area contributed by atoms with E-state index >= 15 is 0 Å². The predicted octanol–water partition coefficient (Wildman–Crippen LogP) is 1.33. The molecule has 2 rings (SSSR count). The molecule has 0 radical (unpaired) electrons. The Labute approximate surface area is 123 Å². The van der Waals surface area contributed by atoms with Gasteiger partial charge in [0.1, 0.15) is 12.2 Å². The Kier molecular flexibility index (Phi) is 5.60. The third kappa shape index (κ3) is 5.37. The molecule has 0 bridgehead atoms. The zero-order valence-electron chi connectivity index (χ0n) is 12.3. The van der Waals surface area contributed by atoms with Gasteiger partial charge in [-0.15, -0.1) is 10.1 Å². The first kappa shape index (κ1) is 15.8. The Balaban J connectivity index is 1.64. The van der Waals surface area contributed by atoms with Gasteiger partial charge in [0, 0.05) is 19.1 Å². The normalized spacial score (nSPS) is 27.9. The fourth-order valence-electron chi connectivity index (χ4n) is 2.89. The molecule has 0 aromatic rings. The van der Waals surface area contributed by atoms with Crippen LogP contribution in [0.3, 0.4) is 0 Å². The summed E-state index contributed by atoms with van der Waals surface area (Å²) in [5.74, 6) is 0. The number of hydrogen-bond acceptors (Lipinski definition) is 6. The van der Waals surface area contributed by atoms with Crippen LogP contribution in [0.15, 0.2) is 0 Å². The van der Waals surface area contributed by atoms with E-state index in [4.69, 9.17) is 4.74 Å². The van der Waals surface area contributed by atoms with Crippen LogP contribution in [0, 0.1) is 10.1 Å². The van der Waals surface area contributed by atoms with Crippen molar-refractivity contribution in [2.24, 2.45) is 0 Å². The van der Waals surface area contributed by atoms with E-state index in [0.29, 0.717) is 25.7 Å². The molecule has 8 heteroatoms. The van der Waals surface area contributed by atoms with Crippen LogP contribution in [0.4, 0.5) is 4.79 Å². The summed E-state index contributed by atoms with van der Waals surface area (Å²) in [6, 6.07) is 0.0235.